The van der Waals surface area contributed by atoms with E-state index in [4.69, 9.17) is 5.11 Å². The molecule has 1 rings (SSSR count). The summed E-state index contributed by atoms with van der Waals surface area (Å²) in [6.07, 6.45) is 3.69. The van der Waals surface area contributed by atoms with Crippen LogP contribution in [0.25, 0.3) is 0 Å². The molecule has 0 unspecified atom stereocenters. The van der Waals surface area contributed by atoms with Crippen molar-refractivity contribution in [2.45, 2.75) is 26.7 Å². The van der Waals surface area contributed by atoms with E-state index in [1.807, 2.05) is 13.0 Å². The molecule has 0 aromatic carbocycles. The maximum Gasteiger partial charge on any atom is 0.0928 e. The average Bonchev–Trinajstić information content (AvgIpc) is 1.80. The van der Waals surface area contributed by atoms with Gasteiger partial charge in [0.05, 0.1) is 5.76 Å². The standard InChI is InChI=1S/C8H12O/c1-6-3-4-8(9)5-7(6)2/h5,9H,3-4H2,1-2H3. The molecule has 9 heavy (non-hydrogen) atoms. The van der Waals surface area contributed by atoms with Crippen molar-refractivity contribution in [2.24, 2.45) is 0 Å². The Labute approximate surface area is 55.7 Å². The summed E-state index contributed by atoms with van der Waals surface area (Å²) in [7, 11) is 0. The van der Waals surface area contributed by atoms with E-state index in [0.29, 0.717) is 5.76 Å². The summed E-state index contributed by atoms with van der Waals surface area (Å²) in [5.41, 5.74) is 2.62. The number of rotatable bonds is 0. The van der Waals surface area contributed by atoms with Gasteiger partial charge >= 0.3 is 0 Å². The van der Waals surface area contributed by atoms with Crippen molar-refractivity contribution in [3.8, 4) is 0 Å². The van der Waals surface area contributed by atoms with E-state index in [1.165, 1.54) is 11.1 Å². The maximum absolute atomic E-state index is 9.02. The van der Waals surface area contributed by atoms with Crippen molar-refractivity contribution in [3.63, 3.8) is 0 Å². The Bertz CT molecular complexity index is 175. The van der Waals surface area contributed by atoms with Gasteiger partial charge in [-0.25, -0.2) is 0 Å². The summed E-state index contributed by atoms with van der Waals surface area (Å²) >= 11 is 0. The second kappa shape index (κ2) is 2.26. The van der Waals surface area contributed by atoms with Crippen molar-refractivity contribution < 1.29 is 5.11 Å². The van der Waals surface area contributed by atoms with Gasteiger partial charge in [-0.1, -0.05) is 5.57 Å². The third kappa shape index (κ3) is 1.35. The summed E-state index contributed by atoms with van der Waals surface area (Å²) in [6.45, 7) is 4.14. The summed E-state index contributed by atoms with van der Waals surface area (Å²) in [5, 5.41) is 9.02. The molecule has 50 valence electrons. The van der Waals surface area contributed by atoms with Crippen LogP contribution in [0, 0.1) is 0 Å². The highest BCUT2D eigenvalue weighted by Gasteiger charge is 2.04. The zero-order valence-corrected chi connectivity index (χ0v) is 5.94. The Morgan fingerprint density at radius 2 is 2.00 bits per heavy atom. The molecule has 0 spiro atoms. The predicted octanol–water partition coefficient (Wildman–Crippen LogP) is 2.56. The zero-order chi connectivity index (χ0) is 6.85. The minimum absolute atomic E-state index is 0.526. The van der Waals surface area contributed by atoms with Crippen LogP contribution in [0.1, 0.15) is 26.7 Å². The monoisotopic (exact) mass is 124 g/mol. The SMILES string of the molecule is CC1=C(C)CCC(O)=C1. The molecule has 0 aromatic rings. The van der Waals surface area contributed by atoms with E-state index in [9.17, 15) is 0 Å². The first-order chi connectivity index (χ1) is 4.20. The number of aliphatic hydroxyl groups excluding tert-OH is 1. The van der Waals surface area contributed by atoms with Gasteiger partial charge < -0.3 is 5.11 Å². The molecule has 1 aliphatic carbocycles. The smallest absolute Gasteiger partial charge is 0.0928 e. The third-order valence-corrected chi connectivity index (χ3v) is 1.81. The van der Waals surface area contributed by atoms with Crippen molar-refractivity contribution in [2.75, 3.05) is 0 Å². The van der Waals surface area contributed by atoms with Crippen LogP contribution in [0.4, 0.5) is 0 Å². The zero-order valence-electron chi connectivity index (χ0n) is 5.94. The molecule has 0 radical (unpaired) electrons. The van der Waals surface area contributed by atoms with Crippen LogP contribution >= 0.6 is 0 Å². The van der Waals surface area contributed by atoms with Crippen molar-refractivity contribution in [1.82, 2.24) is 0 Å². The minimum atomic E-state index is 0.526. The first kappa shape index (κ1) is 6.40. The lowest BCUT2D eigenvalue weighted by Gasteiger charge is -2.10. The van der Waals surface area contributed by atoms with Gasteiger partial charge in [-0.15, -0.1) is 0 Å². The maximum atomic E-state index is 9.02. The number of hydrogen-bond acceptors (Lipinski definition) is 1. The van der Waals surface area contributed by atoms with E-state index < -0.39 is 0 Å². The number of aliphatic hydroxyl groups is 1. The van der Waals surface area contributed by atoms with Gasteiger partial charge in [0.25, 0.3) is 0 Å². The Hall–Kier alpha value is -0.720. The topological polar surface area (TPSA) is 20.2 Å². The molecule has 1 N–H and O–H groups in total. The molecule has 0 fully saturated rings. The van der Waals surface area contributed by atoms with Crippen LogP contribution in [-0.2, 0) is 0 Å². The average molecular weight is 124 g/mol. The molecule has 0 amide bonds. The van der Waals surface area contributed by atoms with Crippen molar-refractivity contribution >= 4 is 0 Å². The van der Waals surface area contributed by atoms with E-state index >= 15 is 0 Å². The Morgan fingerprint density at radius 3 is 2.44 bits per heavy atom. The number of allylic oxidation sites excluding steroid dienone is 4. The molecule has 0 aromatic heterocycles. The number of hydrogen-bond donors (Lipinski definition) is 1. The van der Waals surface area contributed by atoms with E-state index in [0.717, 1.165) is 12.8 Å². The summed E-state index contributed by atoms with van der Waals surface area (Å²) in [5.74, 6) is 0.526. The van der Waals surface area contributed by atoms with E-state index in [1.54, 1.807) is 0 Å². The quantitative estimate of drug-likeness (QED) is 0.526. The van der Waals surface area contributed by atoms with Crippen LogP contribution in [0.5, 0.6) is 0 Å². The molecule has 1 aliphatic rings. The predicted molar refractivity (Wildman–Crippen MR) is 38.3 cm³/mol. The summed E-state index contributed by atoms with van der Waals surface area (Å²) in [6, 6.07) is 0. The third-order valence-electron chi connectivity index (χ3n) is 1.81. The highest BCUT2D eigenvalue weighted by molar-refractivity contribution is 5.28. The van der Waals surface area contributed by atoms with Crippen molar-refractivity contribution in [1.29, 1.82) is 0 Å². The highest BCUT2D eigenvalue weighted by Crippen LogP contribution is 2.20. The lowest BCUT2D eigenvalue weighted by Crippen LogP contribution is -1.93. The fraction of sp³-hybridized carbons (Fsp3) is 0.500. The summed E-state index contributed by atoms with van der Waals surface area (Å²) < 4.78 is 0. The van der Waals surface area contributed by atoms with Gasteiger partial charge in [0.15, 0.2) is 0 Å². The summed E-state index contributed by atoms with van der Waals surface area (Å²) in [4.78, 5) is 0. The Balaban J connectivity index is 2.83. The van der Waals surface area contributed by atoms with Gasteiger partial charge in [0.1, 0.15) is 0 Å². The molecule has 0 saturated heterocycles. The van der Waals surface area contributed by atoms with Crippen molar-refractivity contribution in [3.05, 3.63) is 23.0 Å². The first-order valence-electron chi connectivity index (χ1n) is 3.26. The molecule has 1 nitrogen and oxygen atoms in total. The van der Waals surface area contributed by atoms with Gasteiger partial charge in [-0.05, 0) is 31.9 Å². The Kier molecular flexibility index (Phi) is 1.60. The van der Waals surface area contributed by atoms with Gasteiger partial charge in [-0.3, -0.25) is 0 Å². The van der Waals surface area contributed by atoms with Crippen LogP contribution in [0.2, 0.25) is 0 Å². The van der Waals surface area contributed by atoms with Crippen LogP contribution in [-0.4, -0.2) is 5.11 Å². The highest BCUT2D eigenvalue weighted by atomic mass is 16.3. The van der Waals surface area contributed by atoms with Crippen LogP contribution < -0.4 is 0 Å². The van der Waals surface area contributed by atoms with E-state index in [-0.39, 0.29) is 0 Å². The van der Waals surface area contributed by atoms with E-state index in [2.05, 4.69) is 6.92 Å². The second-order valence-corrected chi connectivity index (χ2v) is 2.60. The fourth-order valence-electron chi connectivity index (χ4n) is 0.958. The van der Waals surface area contributed by atoms with Crippen LogP contribution in [0.3, 0.4) is 0 Å². The largest absolute Gasteiger partial charge is 0.512 e. The van der Waals surface area contributed by atoms with Crippen LogP contribution in [0.15, 0.2) is 23.0 Å². The lowest BCUT2D eigenvalue weighted by molar-refractivity contribution is 0.384. The fourth-order valence-corrected chi connectivity index (χ4v) is 0.958. The molecule has 0 bridgehead atoms. The van der Waals surface area contributed by atoms with Gasteiger partial charge in [-0.2, -0.15) is 0 Å². The lowest BCUT2D eigenvalue weighted by atomic mass is 9.99. The Morgan fingerprint density at radius 1 is 1.33 bits per heavy atom. The molecule has 0 saturated carbocycles. The normalized spacial score (nSPS) is 20.0. The van der Waals surface area contributed by atoms with Gasteiger partial charge in [0.2, 0.25) is 0 Å². The second-order valence-electron chi connectivity index (χ2n) is 2.60. The first-order valence-corrected chi connectivity index (χ1v) is 3.26. The molecular weight excluding hydrogens is 112 g/mol. The molecule has 0 atom stereocenters. The molecule has 1 heteroatoms. The molecule has 0 aliphatic heterocycles. The molecular formula is C8H12O. The molecule has 0 heterocycles. The van der Waals surface area contributed by atoms with Gasteiger partial charge in [0, 0.05) is 6.42 Å². The minimum Gasteiger partial charge on any atom is -0.512 e.